The number of sulfonamides is 1. The molecule has 1 saturated heterocycles. The maximum Gasteiger partial charge on any atom is 0.303 e. The Morgan fingerprint density at radius 3 is 1.94 bits per heavy atom. The smallest absolute Gasteiger partial charge is 0.303 e. The molecule has 0 bridgehead atoms. The van der Waals surface area contributed by atoms with Gasteiger partial charge in [0, 0.05) is 45.5 Å². The van der Waals surface area contributed by atoms with E-state index in [1.807, 2.05) is 0 Å². The van der Waals surface area contributed by atoms with Gasteiger partial charge in [-0.1, -0.05) is 0 Å². The van der Waals surface area contributed by atoms with Crippen molar-refractivity contribution in [2.75, 3.05) is 19.8 Å². The van der Waals surface area contributed by atoms with Gasteiger partial charge >= 0.3 is 17.9 Å². The number of hydrogen-bond acceptors (Lipinski definition) is 10. The number of thioether (sulfide) groups is 2. The number of nitrogens with zero attached hydrogens (tertiary/aromatic N) is 1. The van der Waals surface area contributed by atoms with Crippen molar-refractivity contribution >= 4 is 51.5 Å². The van der Waals surface area contributed by atoms with Crippen LogP contribution in [0.4, 0.5) is 0 Å². The molecule has 1 aromatic rings. The molecule has 2 rings (SSSR count). The van der Waals surface area contributed by atoms with E-state index < -0.39 is 46.2 Å². The van der Waals surface area contributed by atoms with E-state index in [0.717, 1.165) is 9.20 Å². The molecule has 12 heteroatoms. The summed E-state index contributed by atoms with van der Waals surface area (Å²) in [4.78, 5) is 35.7. The molecule has 1 fully saturated rings. The van der Waals surface area contributed by atoms with E-state index in [1.54, 1.807) is 12.1 Å². The number of rotatable bonds is 7. The third-order valence-electron chi connectivity index (χ3n) is 4.16. The van der Waals surface area contributed by atoms with Gasteiger partial charge in [-0.05, 0) is 24.3 Å². The van der Waals surface area contributed by atoms with Crippen molar-refractivity contribution in [3.63, 3.8) is 0 Å². The van der Waals surface area contributed by atoms with Crippen LogP contribution in [0.2, 0.25) is 0 Å². The van der Waals surface area contributed by atoms with Gasteiger partial charge in [-0.3, -0.25) is 14.4 Å². The average Bonchev–Trinajstić information content (AvgIpc) is 2.65. The van der Waals surface area contributed by atoms with Gasteiger partial charge in [-0.15, -0.1) is 23.5 Å². The molecule has 0 spiro atoms. The molecule has 1 aliphatic heterocycles. The number of carbonyl (C=O) groups excluding carboxylic acids is 3. The highest BCUT2D eigenvalue weighted by Crippen LogP contribution is 2.42. The van der Waals surface area contributed by atoms with Gasteiger partial charge in [0.15, 0.2) is 18.3 Å². The van der Waals surface area contributed by atoms with Crippen molar-refractivity contribution in [2.45, 2.75) is 53.5 Å². The lowest BCUT2D eigenvalue weighted by molar-refractivity contribution is -0.180. The number of hydrogen-bond donors (Lipinski definition) is 0. The second-order valence-corrected chi connectivity index (χ2v) is 11.7. The Labute approximate surface area is 190 Å². The zero-order chi connectivity index (χ0) is 23.3. The number of carbonyl (C=O) groups is 3. The largest absolute Gasteiger partial charge is 0.458 e. The Kier molecular flexibility index (Phi) is 8.81. The van der Waals surface area contributed by atoms with Crippen molar-refractivity contribution in [3.05, 3.63) is 24.3 Å². The zero-order valence-corrected chi connectivity index (χ0v) is 20.2. The maximum atomic E-state index is 12.2. The molecule has 31 heavy (non-hydrogen) atoms. The van der Waals surface area contributed by atoms with Crippen LogP contribution < -0.4 is 0 Å². The van der Waals surface area contributed by atoms with Crippen molar-refractivity contribution in [1.29, 1.82) is 0 Å². The molecular weight excluding hydrogens is 466 g/mol. The number of benzene rings is 1. The summed E-state index contributed by atoms with van der Waals surface area (Å²) in [5.41, 5.74) is 0. The van der Waals surface area contributed by atoms with Gasteiger partial charge in [0.1, 0.15) is 0 Å². The van der Waals surface area contributed by atoms with Crippen LogP contribution in [0, 0.1) is 0 Å². The lowest BCUT2D eigenvalue weighted by atomic mass is 10.1. The van der Waals surface area contributed by atoms with Crippen LogP contribution in [0.25, 0.3) is 0 Å². The second kappa shape index (κ2) is 10.7. The molecule has 0 aromatic heterocycles. The highest BCUT2D eigenvalue weighted by Gasteiger charge is 2.46. The minimum atomic E-state index is -3.55. The molecule has 1 aromatic carbocycles. The van der Waals surface area contributed by atoms with Gasteiger partial charge in [0.25, 0.3) is 0 Å². The van der Waals surface area contributed by atoms with Crippen molar-refractivity contribution < 1.29 is 37.0 Å². The lowest BCUT2D eigenvalue weighted by Crippen LogP contribution is -2.53. The molecule has 0 saturated carbocycles. The quantitative estimate of drug-likeness (QED) is 0.413. The Morgan fingerprint density at radius 2 is 1.45 bits per heavy atom. The molecule has 0 aliphatic carbocycles. The summed E-state index contributed by atoms with van der Waals surface area (Å²) in [6, 6.07) is 6.31. The van der Waals surface area contributed by atoms with Crippen LogP contribution in [0.15, 0.2) is 34.1 Å². The van der Waals surface area contributed by atoms with Gasteiger partial charge in [0.2, 0.25) is 10.0 Å². The maximum absolute atomic E-state index is 12.2. The molecule has 0 radical (unpaired) electrons. The van der Waals surface area contributed by atoms with Gasteiger partial charge in [-0.25, -0.2) is 12.7 Å². The third-order valence-corrected chi connectivity index (χ3v) is 8.85. The molecule has 172 valence electrons. The van der Waals surface area contributed by atoms with E-state index in [2.05, 4.69) is 0 Å². The third kappa shape index (κ3) is 6.86. The van der Waals surface area contributed by atoms with E-state index in [1.165, 1.54) is 70.5 Å². The van der Waals surface area contributed by atoms with E-state index in [-0.39, 0.29) is 9.48 Å². The van der Waals surface area contributed by atoms with Crippen LogP contribution in [0.3, 0.4) is 0 Å². The molecule has 0 unspecified atom stereocenters. The first-order valence-electron chi connectivity index (χ1n) is 9.24. The molecule has 1 heterocycles. The molecule has 0 N–H and O–H groups in total. The van der Waals surface area contributed by atoms with E-state index in [0.29, 0.717) is 5.75 Å². The summed E-state index contributed by atoms with van der Waals surface area (Å²) >= 11 is 2.73. The molecular formula is C19H25NO8S3. The fraction of sp³-hybridized carbons (Fsp3) is 0.526. The van der Waals surface area contributed by atoms with Crippen LogP contribution in [0.1, 0.15) is 20.8 Å². The monoisotopic (exact) mass is 491 g/mol. The second-order valence-electron chi connectivity index (χ2n) is 6.87. The SMILES string of the molecule is CC(=O)O[C@@H]1[C@@H](OC(C)=O)[C@H](Sc2ccc(S(=O)(=O)N(C)C)cc2)SC[C@H]1OC(C)=O. The average molecular weight is 492 g/mol. The normalized spacial score (nSPS) is 23.8. The Hall–Kier alpha value is -1.76. The Bertz CT molecular complexity index is 917. The summed E-state index contributed by atoms with van der Waals surface area (Å²) < 4.78 is 41.3. The van der Waals surface area contributed by atoms with Crippen LogP contribution in [-0.2, 0) is 38.6 Å². The van der Waals surface area contributed by atoms with Crippen molar-refractivity contribution in [3.8, 4) is 0 Å². The summed E-state index contributed by atoms with van der Waals surface area (Å²) in [5.74, 6) is -1.36. The first kappa shape index (κ1) is 25.5. The van der Waals surface area contributed by atoms with Gasteiger partial charge < -0.3 is 14.2 Å². The topological polar surface area (TPSA) is 116 Å². The first-order valence-corrected chi connectivity index (χ1v) is 12.6. The predicted octanol–water partition coefficient (Wildman–Crippen LogP) is 1.90. The summed E-state index contributed by atoms with van der Waals surface area (Å²) in [6.45, 7) is 3.72. The Morgan fingerprint density at radius 1 is 0.935 bits per heavy atom. The lowest BCUT2D eigenvalue weighted by Gasteiger charge is -2.39. The van der Waals surface area contributed by atoms with Crippen molar-refractivity contribution in [1.82, 2.24) is 4.31 Å². The summed E-state index contributed by atoms with van der Waals surface area (Å²) in [5, 5.41) is 0. The highest BCUT2D eigenvalue weighted by molar-refractivity contribution is 8.17. The fourth-order valence-corrected chi connectivity index (χ4v) is 6.53. The van der Waals surface area contributed by atoms with E-state index in [9.17, 15) is 22.8 Å². The predicted molar refractivity (Wildman–Crippen MR) is 116 cm³/mol. The van der Waals surface area contributed by atoms with E-state index in [4.69, 9.17) is 14.2 Å². The molecule has 1 aliphatic rings. The molecule has 9 nitrogen and oxygen atoms in total. The minimum Gasteiger partial charge on any atom is -0.458 e. The zero-order valence-electron chi connectivity index (χ0n) is 17.8. The minimum absolute atomic E-state index is 0.155. The highest BCUT2D eigenvalue weighted by atomic mass is 32.2. The van der Waals surface area contributed by atoms with E-state index >= 15 is 0 Å². The summed E-state index contributed by atoms with van der Waals surface area (Å²) in [7, 11) is -0.644. The Balaban J connectivity index is 2.28. The number of esters is 3. The van der Waals surface area contributed by atoms with Gasteiger partial charge in [0.05, 0.1) is 9.48 Å². The van der Waals surface area contributed by atoms with Crippen LogP contribution in [-0.4, -0.2) is 73.4 Å². The van der Waals surface area contributed by atoms with Crippen molar-refractivity contribution in [2.24, 2.45) is 0 Å². The van der Waals surface area contributed by atoms with Gasteiger partial charge in [-0.2, -0.15) is 0 Å². The first-order chi connectivity index (χ1) is 14.4. The summed E-state index contributed by atoms with van der Waals surface area (Å²) in [6.07, 6.45) is -2.60. The fourth-order valence-electron chi connectivity index (χ4n) is 2.85. The van der Waals surface area contributed by atoms with Crippen LogP contribution in [0.5, 0.6) is 0 Å². The number of ether oxygens (including phenoxy) is 3. The standard InChI is InChI=1S/C19H25NO8S3/c1-11(21)26-16-10-29-19(18(28-13(3)23)17(16)27-12(2)22)30-14-6-8-15(9-7-14)31(24,25)20(4)5/h6-9,16-19H,10H2,1-5H3/t16-,17+,18-,19+/m1/s1. The van der Waals surface area contributed by atoms with Crippen LogP contribution >= 0.6 is 23.5 Å². The molecule has 0 amide bonds. The molecule has 4 atom stereocenters.